The summed E-state index contributed by atoms with van der Waals surface area (Å²) in [5, 5.41) is 3.25. The van der Waals surface area contributed by atoms with Crippen LogP contribution in [-0.2, 0) is 17.8 Å². The highest BCUT2D eigenvalue weighted by Gasteiger charge is 2.25. The lowest BCUT2D eigenvalue weighted by Crippen LogP contribution is -2.38. The van der Waals surface area contributed by atoms with Gasteiger partial charge in [0.25, 0.3) is 11.8 Å². The third-order valence-corrected chi connectivity index (χ3v) is 5.38. The van der Waals surface area contributed by atoms with E-state index >= 15 is 0 Å². The van der Waals surface area contributed by atoms with Crippen LogP contribution in [0.1, 0.15) is 21.1 Å². The molecule has 1 aliphatic rings. The predicted octanol–water partition coefficient (Wildman–Crippen LogP) is 2.89. The highest BCUT2D eigenvalue weighted by atomic mass is 32.1. The van der Waals surface area contributed by atoms with Crippen LogP contribution in [0, 0.1) is 5.82 Å². The minimum Gasteiger partial charge on any atom is -0.484 e. The zero-order valence-electron chi connectivity index (χ0n) is 15.3. The number of thiazole rings is 1. The molecule has 1 aliphatic heterocycles. The molecule has 7 nitrogen and oxygen atoms in total. The van der Waals surface area contributed by atoms with Gasteiger partial charge >= 0.3 is 0 Å². The summed E-state index contributed by atoms with van der Waals surface area (Å²) in [4.78, 5) is 35.8. The number of carbonyl (C=O) groups is 2. The number of pyridine rings is 1. The van der Waals surface area contributed by atoms with E-state index in [1.54, 1.807) is 29.3 Å². The van der Waals surface area contributed by atoms with Crippen molar-refractivity contribution in [1.82, 2.24) is 14.9 Å². The number of nitrogens with one attached hydrogen (secondary N) is 1. The lowest BCUT2D eigenvalue weighted by molar-refractivity contribution is -0.134. The summed E-state index contributed by atoms with van der Waals surface area (Å²) in [6.07, 6.45) is 2.16. The Morgan fingerprint density at radius 2 is 2.03 bits per heavy atom. The molecule has 2 aromatic heterocycles. The Morgan fingerprint density at radius 3 is 2.79 bits per heavy atom. The number of rotatable bonds is 5. The highest BCUT2D eigenvalue weighted by Crippen LogP contribution is 2.28. The number of nitrogens with zero attached hydrogens (tertiary/aromatic N) is 3. The minimum atomic E-state index is -0.358. The molecule has 148 valence electrons. The lowest BCUT2D eigenvalue weighted by atomic mass is 10.2. The van der Waals surface area contributed by atoms with E-state index < -0.39 is 0 Å². The summed E-state index contributed by atoms with van der Waals surface area (Å²) in [6.45, 7) is 0.817. The fraction of sp³-hybridized carbons (Fsp3) is 0.200. The van der Waals surface area contributed by atoms with E-state index in [4.69, 9.17) is 4.74 Å². The number of ether oxygens (including phenoxy) is 1. The monoisotopic (exact) mass is 412 g/mol. The number of hydrogen-bond acceptors (Lipinski definition) is 6. The third kappa shape index (κ3) is 4.57. The zero-order valence-corrected chi connectivity index (χ0v) is 16.1. The van der Waals surface area contributed by atoms with E-state index in [-0.39, 0.29) is 24.2 Å². The molecule has 3 heterocycles. The van der Waals surface area contributed by atoms with Gasteiger partial charge in [0.1, 0.15) is 17.3 Å². The van der Waals surface area contributed by atoms with Crippen LogP contribution in [0.25, 0.3) is 0 Å². The van der Waals surface area contributed by atoms with Gasteiger partial charge in [-0.2, -0.15) is 0 Å². The van der Waals surface area contributed by atoms with E-state index in [1.165, 1.54) is 35.6 Å². The SMILES string of the molecule is O=C(Nc1nc2c(s1)CN(C(=O)COc1ccc(F)cc1)CC2)c1ccccn1. The Kier molecular flexibility index (Phi) is 5.48. The van der Waals surface area contributed by atoms with Gasteiger partial charge in [0.05, 0.1) is 12.2 Å². The Morgan fingerprint density at radius 1 is 1.21 bits per heavy atom. The van der Waals surface area contributed by atoms with Crippen LogP contribution in [0.5, 0.6) is 5.75 Å². The molecule has 0 atom stereocenters. The van der Waals surface area contributed by atoms with Gasteiger partial charge in [-0.3, -0.25) is 19.9 Å². The summed E-state index contributed by atoms with van der Waals surface area (Å²) in [5.74, 6) is -0.400. The smallest absolute Gasteiger partial charge is 0.276 e. The Bertz CT molecular complexity index is 1020. The first kappa shape index (κ1) is 19.0. The molecule has 1 aromatic carbocycles. The fourth-order valence-corrected chi connectivity index (χ4v) is 3.91. The van der Waals surface area contributed by atoms with Gasteiger partial charge in [0.2, 0.25) is 0 Å². The molecule has 0 spiro atoms. The van der Waals surface area contributed by atoms with Crippen molar-refractivity contribution in [1.29, 1.82) is 0 Å². The summed E-state index contributed by atoms with van der Waals surface area (Å²) in [5.41, 5.74) is 1.20. The highest BCUT2D eigenvalue weighted by molar-refractivity contribution is 7.15. The van der Waals surface area contributed by atoms with E-state index in [2.05, 4.69) is 15.3 Å². The quantitative estimate of drug-likeness (QED) is 0.697. The second kappa shape index (κ2) is 8.36. The van der Waals surface area contributed by atoms with Crippen molar-refractivity contribution < 1.29 is 18.7 Å². The van der Waals surface area contributed by atoms with Crippen LogP contribution in [0.2, 0.25) is 0 Å². The van der Waals surface area contributed by atoms with Crippen molar-refractivity contribution in [3.05, 3.63) is 70.7 Å². The van der Waals surface area contributed by atoms with Crippen LogP contribution < -0.4 is 10.1 Å². The normalized spacial score (nSPS) is 12.9. The second-order valence-corrected chi connectivity index (χ2v) is 7.45. The molecule has 0 saturated carbocycles. The Balaban J connectivity index is 1.35. The van der Waals surface area contributed by atoms with Gasteiger partial charge in [0, 0.05) is 24.0 Å². The molecule has 3 aromatic rings. The number of aromatic nitrogens is 2. The van der Waals surface area contributed by atoms with Crippen molar-refractivity contribution in [2.45, 2.75) is 13.0 Å². The number of carbonyl (C=O) groups excluding carboxylic acids is 2. The summed E-state index contributed by atoms with van der Waals surface area (Å²) < 4.78 is 18.4. The number of halogens is 1. The van der Waals surface area contributed by atoms with Crippen LogP contribution in [-0.4, -0.2) is 39.8 Å². The Hall–Kier alpha value is -3.33. The number of hydrogen-bond donors (Lipinski definition) is 1. The van der Waals surface area contributed by atoms with Gasteiger partial charge in [-0.05, 0) is 36.4 Å². The Labute approximate surface area is 170 Å². The molecular formula is C20H17FN4O3S. The average Bonchev–Trinajstić information content (AvgIpc) is 3.15. The van der Waals surface area contributed by atoms with Crippen LogP contribution >= 0.6 is 11.3 Å². The number of amides is 2. The average molecular weight is 412 g/mol. The molecule has 4 rings (SSSR count). The molecule has 0 bridgehead atoms. The van der Waals surface area contributed by atoms with Crippen LogP contribution in [0.15, 0.2) is 48.7 Å². The van der Waals surface area contributed by atoms with E-state index in [0.717, 1.165) is 10.6 Å². The zero-order chi connectivity index (χ0) is 20.2. The number of anilines is 1. The van der Waals surface area contributed by atoms with E-state index in [9.17, 15) is 14.0 Å². The maximum Gasteiger partial charge on any atom is 0.276 e. The number of benzene rings is 1. The van der Waals surface area contributed by atoms with Gasteiger partial charge in [-0.15, -0.1) is 0 Å². The predicted molar refractivity (Wildman–Crippen MR) is 105 cm³/mol. The van der Waals surface area contributed by atoms with Crippen molar-refractivity contribution in [3.63, 3.8) is 0 Å². The number of fused-ring (bicyclic) bond motifs is 1. The summed E-state index contributed by atoms with van der Waals surface area (Å²) in [7, 11) is 0. The maximum atomic E-state index is 12.9. The van der Waals surface area contributed by atoms with Crippen molar-refractivity contribution in [3.8, 4) is 5.75 Å². The fourth-order valence-electron chi connectivity index (χ4n) is 2.89. The van der Waals surface area contributed by atoms with Crippen LogP contribution in [0.3, 0.4) is 0 Å². The molecule has 0 saturated heterocycles. The van der Waals surface area contributed by atoms with Crippen molar-refractivity contribution >= 4 is 28.3 Å². The maximum absolute atomic E-state index is 12.9. The standard InChI is InChI=1S/C20H17FN4O3S/c21-13-4-6-14(7-5-13)28-12-18(26)25-10-8-15-17(11-25)29-20(23-15)24-19(27)16-3-1-2-9-22-16/h1-7,9H,8,10-12H2,(H,23,24,27). The van der Waals surface area contributed by atoms with Crippen LogP contribution in [0.4, 0.5) is 9.52 Å². The van der Waals surface area contributed by atoms with Crippen molar-refractivity contribution in [2.75, 3.05) is 18.5 Å². The van der Waals surface area contributed by atoms with E-state index in [1.807, 2.05) is 0 Å². The first-order valence-electron chi connectivity index (χ1n) is 8.95. The second-order valence-electron chi connectivity index (χ2n) is 6.37. The first-order valence-corrected chi connectivity index (χ1v) is 9.77. The third-order valence-electron chi connectivity index (χ3n) is 4.38. The first-order chi connectivity index (χ1) is 14.1. The van der Waals surface area contributed by atoms with Gasteiger partial charge in [-0.1, -0.05) is 17.4 Å². The molecule has 0 radical (unpaired) electrons. The molecule has 9 heteroatoms. The molecule has 0 fully saturated rings. The molecule has 1 N–H and O–H groups in total. The summed E-state index contributed by atoms with van der Waals surface area (Å²) in [6, 6.07) is 10.6. The lowest BCUT2D eigenvalue weighted by Gasteiger charge is -2.26. The molecule has 29 heavy (non-hydrogen) atoms. The molecular weight excluding hydrogens is 395 g/mol. The summed E-state index contributed by atoms with van der Waals surface area (Å²) >= 11 is 1.35. The van der Waals surface area contributed by atoms with Crippen molar-refractivity contribution in [2.24, 2.45) is 0 Å². The minimum absolute atomic E-state index is 0.122. The van der Waals surface area contributed by atoms with Gasteiger partial charge in [0.15, 0.2) is 11.7 Å². The molecule has 0 aliphatic carbocycles. The van der Waals surface area contributed by atoms with Gasteiger partial charge in [-0.25, -0.2) is 9.37 Å². The molecule has 2 amide bonds. The largest absolute Gasteiger partial charge is 0.484 e. The topological polar surface area (TPSA) is 84.4 Å². The molecule has 0 unspecified atom stereocenters. The van der Waals surface area contributed by atoms with Gasteiger partial charge < -0.3 is 9.64 Å². The van der Waals surface area contributed by atoms with E-state index in [0.29, 0.717) is 36.1 Å².